The standard InChI is InChI=1S/C37H50N2O9/c1-2-3-4-7-13-18-30(40)19-14-8-5-6-9-15-20-31(37(48,36(46)47)26-33(41)42)34(43)39-32(35(44)45)25-27-21-23-29(24-22-27)38-28-16-11-10-12-17-28/h10-12,15-17,20-24,31-32,38,48H,2-9,13-14,18-19,25-26H2,1H3,(H,39,43)(H,41,42)(H,44,45)(H,46,47)/b20-15+/t31-,32+,37+/m1/s1. The molecule has 0 aliphatic heterocycles. The number of aliphatic hydroxyl groups is 1. The third kappa shape index (κ3) is 14.5. The molecule has 6 N–H and O–H groups in total. The number of hydrogen-bond acceptors (Lipinski definition) is 7. The summed E-state index contributed by atoms with van der Waals surface area (Å²) in [5.74, 6) is -7.67. The summed E-state index contributed by atoms with van der Waals surface area (Å²) >= 11 is 0. The number of anilines is 2. The number of carboxylic acid groups (broad SMARTS) is 3. The molecule has 3 atom stereocenters. The third-order valence-corrected chi connectivity index (χ3v) is 8.12. The molecule has 2 aromatic rings. The number of rotatable bonds is 25. The Hall–Kier alpha value is -4.51. The lowest BCUT2D eigenvalue weighted by Gasteiger charge is -2.29. The van der Waals surface area contributed by atoms with Gasteiger partial charge >= 0.3 is 17.9 Å². The Morgan fingerprint density at radius 2 is 1.35 bits per heavy atom. The van der Waals surface area contributed by atoms with Gasteiger partial charge in [-0.2, -0.15) is 0 Å². The van der Waals surface area contributed by atoms with E-state index in [4.69, 9.17) is 0 Å². The molecule has 0 heterocycles. The summed E-state index contributed by atoms with van der Waals surface area (Å²) in [7, 11) is 0. The number of aliphatic carboxylic acids is 3. The largest absolute Gasteiger partial charge is 0.481 e. The number of unbranched alkanes of at least 4 members (excludes halogenated alkanes) is 8. The molecule has 0 spiro atoms. The van der Waals surface area contributed by atoms with Crippen molar-refractivity contribution in [3.63, 3.8) is 0 Å². The van der Waals surface area contributed by atoms with Crippen LogP contribution in [-0.4, -0.2) is 61.7 Å². The summed E-state index contributed by atoms with van der Waals surface area (Å²) in [5, 5.41) is 45.4. The zero-order chi connectivity index (χ0) is 35.4. The van der Waals surface area contributed by atoms with Crippen molar-refractivity contribution in [3.05, 3.63) is 72.3 Å². The number of allylic oxidation sites excluding steroid dienone is 1. The Balaban J connectivity index is 2.00. The molecule has 0 aromatic heterocycles. The van der Waals surface area contributed by atoms with Gasteiger partial charge in [0.1, 0.15) is 11.8 Å². The van der Waals surface area contributed by atoms with Crippen molar-refractivity contribution in [1.82, 2.24) is 5.32 Å². The lowest BCUT2D eigenvalue weighted by atomic mass is 9.82. The highest BCUT2D eigenvalue weighted by Gasteiger charge is 2.49. The molecule has 0 unspecified atom stereocenters. The Bertz CT molecular complexity index is 1340. The number of carbonyl (C=O) groups excluding carboxylic acids is 2. The van der Waals surface area contributed by atoms with E-state index >= 15 is 0 Å². The van der Waals surface area contributed by atoms with Gasteiger partial charge < -0.3 is 31.1 Å². The molecular formula is C37H50N2O9. The van der Waals surface area contributed by atoms with Gasteiger partial charge in [-0.3, -0.25) is 14.4 Å². The number of ketones is 1. The van der Waals surface area contributed by atoms with Crippen molar-refractivity contribution < 1.29 is 44.4 Å². The zero-order valence-electron chi connectivity index (χ0n) is 27.7. The van der Waals surface area contributed by atoms with Gasteiger partial charge in [0.2, 0.25) is 5.91 Å². The Morgan fingerprint density at radius 1 is 0.771 bits per heavy atom. The highest BCUT2D eigenvalue weighted by Crippen LogP contribution is 2.26. The molecule has 0 aliphatic carbocycles. The van der Waals surface area contributed by atoms with Crippen molar-refractivity contribution in [1.29, 1.82) is 0 Å². The first-order valence-corrected chi connectivity index (χ1v) is 16.8. The van der Waals surface area contributed by atoms with Crippen LogP contribution in [0.25, 0.3) is 0 Å². The summed E-state index contributed by atoms with van der Waals surface area (Å²) in [4.78, 5) is 61.1. The van der Waals surface area contributed by atoms with Crippen LogP contribution in [0.1, 0.15) is 96.0 Å². The normalized spacial score (nSPS) is 13.7. The first-order valence-electron chi connectivity index (χ1n) is 16.8. The zero-order valence-corrected chi connectivity index (χ0v) is 27.7. The lowest BCUT2D eigenvalue weighted by Crippen LogP contribution is -2.55. The van der Waals surface area contributed by atoms with Crippen LogP contribution in [0.4, 0.5) is 11.4 Å². The molecule has 0 saturated heterocycles. The number of benzene rings is 2. The summed E-state index contributed by atoms with van der Waals surface area (Å²) < 4.78 is 0. The van der Waals surface area contributed by atoms with Crippen molar-refractivity contribution in [2.75, 3.05) is 5.32 Å². The predicted octanol–water partition coefficient (Wildman–Crippen LogP) is 6.28. The number of para-hydroxylation sites is 1. The molecule has 0 radical (unpaired) electrons. The molecule has 262 valence electrons. The molecule has 0 bridgehead atoms. The molecular weight excluding hydrogens is 616 g/mol. The first-order chi connectivity index (χ1) is 23.0. The average Bonchev–Trinajstić information content (AvgIpc) is 3.04. The van der Waals surface area contributed by atoms with E-state index in [0.717, 1.165) is 62.4 Å². The van der Waals surface area contributed by atoms with E-state index in [1.807, 2.05) is 30.3 Å². The van der Waals surface area contributed by atoms with Gasteiger partial charge in [0, 0.05) is 30.6 Å². The maximum absolute atomic E-state index is 13.4. The van der Waals surface area contributed by atoms with Gasteiger partial charge in [-0.1, -0.05) is 87.9 Å². The summed E-state index contributed by atoms with van der Waals surface area (Å²) in [6.45, 7) is 2.15. The fourth-order valence-electron chi connectivity index (χ4n) is 5.34. The van der Waals surface area contributed by atoms with Crippen LogP contribution in [0.3, 0.4) is 0 Å². The summed E-state index contributed by atoms with van der Waals surface area (Å²) in [5.41, 5.74) is -0.825. The topological polar surface area (TPSA) is 190 Å². The quantitative estimate of drug-likeness (QED) is 0.0520. The van der Waals surface area contributed by atoms with Gasteiger partial charge in [-0.15, -0.1) is 0 Å². The van der Waals surface area contributed by atoms with Crippen molar-refractivity contribution in [3.8, 4) is 0 Å². The van der Waals surface area contributed by atoms with E-state index in [9.17, 15) is 44.4 Å². The van der Waals surface area contributed by atoms with Crippen LogP contribution in [0.2, 0.25) is 0 Å². The van der Waals surface area contributed by atoms with E-state index in [1.54, 1.807) is 24.3 Å². The number of hydrogen-bond donors (Lipinski definition) is 6. The minimum Gasteiger partial charge on any atom is -0.481 e. The van der Waals surface area contributed by atoms with Gasteiger partial charge in [-0.25, -0.2) is 9.59 Å². The van der Waals surface area contributed by atoms with Crippen LogP contribution in [0.15, 0.2) is 66.7 Å². The highest BCUT2D eigenvalue weighted by atomic mass is 16.4. The Labute approximate surface area is 282 Å². The number of Topliss-reactive ketones (excluding diaryl/α,β-unsaturated/α-hetero) is 1. The molecule has 1 amide bonds. The van der Waals surface area contributed by atoms with Crippen molar-refractivity contribution in [2.24, 2.45) is 5.92 Å². The average molecular weight is 667 g/mol. The van der Waals surface area contributed by atoms with Gasteiger partial charge in [0.15, 0.2) is 5.60 Å². The van der Waals surface area contributed by atoms with Gasteiger partial charge in [0.25, 0.3) is 0 Å². The van der Waals surface area contributed by atoms with Crippen molar-refractivity contribution in [2.45, 2.75) is 108 Å². The van der Waals surface area contributed by atoms with E-state index in [1.165, 1.54) is 12.5 Å². The summed E-state index contributed by atoms with van der Waals surface area (Å²) in [6.07, 6.45) is 11.3. The van der Waals surface area contributed by atoms with Gasteiger partial charge in [0.05, 0.1) is 12.3 Å². The molecule has 0 saturated carbocycles. The monoisotopic (exact) mass is 666 g/mol. The van der Waals surface area contributed by atoms with E-state index < -0.39 is 47.8 Å². The minimum absolute atomic E-state index is 0.144. The van der Waals surface area contributed by atoms with Gasteiger partial charge in [-0.05, 0) is 55.5 Å². The maximum Gasteiger partial charge on any atom is 0.337 e. The number of carboxylic acids is 3. The van der Waals surface area contributed by atoms with Crippen LogP contribution in [0, 0.1) is 5.92 Å². The maximum atomic E-state index is 13.4. The molecule has 0 aliphatic rings. The van der Waals surface area contributed by atoms with Crippen LogP contribution >= 0.6 is 0 Å². The number of amides is 1. The molecule has 11 heteroatoms. The lowest BCUT2D eigenvalue weighted by molar-refractivity contribution is -0.172. The van der Waals surface area contributed by atoms with E-state index in [2.05, 4.69) is 17.6 Å². The second-order valence-corrected chi connectivity index (χ2v) is 12.2. The molecule has 48 heavy (non-hydrogen) atoms. The van der Waals surface area contributed by atoms with Crippen molar-refractivity contribution >= 4 is 41.0 Å². The molecule has 2 aromatic carbocycles. The second kappa shape index (κ2) is 21.4. The van der Waals surface area contributed by atoms with E-state index in [0.29, 0.717) is 31.2 Å². The smallest absolute Gasteiger partial charge is 0.337 e. The third-order valence-electron chi connectivity index (χ3n) is 8.12. The van der Waals surface area contributed by atoms with Crippen LogP contribution in [-0.2, 0) is 30.4 Å². The fourth-order valence-corrected chi connectivity index (χ4v) is 5.34. The minimum atomic E-state index is -3.02. The molecule has 11 nitrogen and oxygen atoms in total. The van der Waals surface area contributed by atoms with Crippen LogP contribution in [0.5, 0.6) is 0 Å². The van der Waals surface area contributed by atoms with Crippen LogP contribution < -0.4 is 10.6 Å². The second-order valence-electron chi connectivity index (χ2n) is 12.2. The predicted molar refractivity (Wildman–Crippen MR) is 183 cm³/mol. The number of nitrogens with one attached hydrogen (secondary N) is 2. The molecule has 0 fully saturated rings. The Kier molecular flexibility index (Phi) is 17.7. The summed E-state index contributed by atoms with van der Waals surface area (Å²) in [6, 6.07) is 14.8. The fraction of sp³-hybridized carbons (Fsp3) is 0.486. The Morgan fingerprint density at radius 3 is 1.92 bits per heavy atom. The van der Waals surface area contributed by atoms with E-state index in [-0.39, 0.29) is 12.2 Å². The first kappa shape index (κ1) is 39.7. The highest BCUT2D eigenvalue weighted by molar-refractivity contribution is 5.94. The SMILES string of the molecule is CCCCCCCC(=O)CCCCCC/C=C/[C@H](C(=O)N[C@@H](Cc1ccc(Nc2ccccc2)cc1)C(=O)O)[C@@](O)(CC(=O)O)C(=O)O. The molecule has 2 rings (SSSR count). The number of carbonyl (C=O) groups is 5.